The van der Waals surface area contributed by atoms with Crippen LogP contribution < -0.4 is 4.90 Å². The number of rotatable bonds is 4. The Hall–Kier alpha value is -7.36. The molecule has 0 spiro atoms. The maximum absolute atomic E-state index is 6.44. The first-order valence-corrected chi connectivity index (χ1v) is 18.9. The summed E-state index contributed by atoms with van der Waals surface area (Å²) in [4.78, 5) is 2.44. The fourth-order valence-corrected chi connectivity index (χ4v) is 9.12. The molecule has 256 valence electrons. The van der Waals surface area contributed by atoms with Crippen LogP contribution in [0.3, 0.4) is 0 Å². The fourth-order valence-electron chi connectivity index (χ4n) is 9.12. The molecule has 3 nitrogen and oxygen atoms in total. The molecule has 0 amide bonds. The lowest BCUT2D eigenvalue weighted by Gasteiger charge is -2.34. The van der Waals surface area contributed by atoms with Crippen LogP contribution in [0.15, 0.2) is 199 Å². The largest absolute Gasteiger partial charge is 0.456 e. The summed E-state index contributed by atoms with van der Waals surface area (Å²) in [6.45, 7) is 0. The highest BCUT2D eigenvalue weighted by molar-refractivity contribution is 6.25. The van der Waals surface area contributed by atoms with E-state index in [1.54, 1.807) is 0 Å². The molecule has 1 aliphatic rings. The van der Waals surface area contributed by atoms with Crippen molar-refractivity contribution in [3.8, 4) is 39.1 Å². The summed E-state index contributed by atoms with van der Waals surface area (Å²) in [6.07, 6.45) is 0. The second kappa shape index (κ2) is 11.6. The number of hydrogen-bond acceptors (Lipinski definition) is 2. The first kappa shape index (κ1) is 30.1. The Bertz CT molecular complexity index is 3300. The number of para-hydroxylation sites is 3. The number of hydrogen-bond donors (Lipinski definition) is 0. The number of benzene rings is 9. The molecule has 3 heterocycles. The topological polar surface area (TPSA) is 21.3 Å². The van der Waals surface area contributed by atoms with E-state index in [2.05, 4.69) is 198 Å². The highest BCUT2D eigenvalue weighted by Crippen LogP contribution is 2.56. The summed E-state index contributed by atoms with van der Waals surface area (Å²) < 4.78 is 8.84. The molecule has 11 aromatic rings. The van der Waals surface area contributed by atoms with Gasteiger partial charge in [0.25, 0.3) is 0 Å². The van der Waals surface area contributed by atoms with Gasteiger partial charge in [-0.1, -0.05) is 121 Å². The molecule has 0 fully saturated rings. The van der Waals surface area contributed by atoms with Gasteiger partial charge in [0.1, 0.15) is 11.2 Å². The van der Waals surface area contributed by atoms with Gasteiger partial charge in [-0.25, -0.2) is 0 Å². The molecule has 12 rings (SSSR count). The molecule has 55 heavy (non-hydrogen) atoms. The summed E-state index contributed by atoms with van der Waals surface area (Å²) in [5, 5.41) is 7.22. The van der Waals surface area contributed by atoms with E-state index in [0.717, 1.165) is 39.0 Å². The van der Waals surface area contributed by atoms with Gasteiger partial charge in [0.2, 0.25) is 0 Å². The maximum Gasteiger partial charge on any atom is 0.137 e. The Morgan fingerprint density at radius 2 is 0.964 bits per heavy atom. The van der Waals surface area contributed by atoms with Crippen molar-refractivity contribution in [3.63, 3.8) is 0 Å². The van der Waals surface area contributed by atoms with Crippen molar-refractivity contribution < 1.29 is 4.42 Å². The van der Waals surface area contributed by atoms with Crippen molar-refractivity contribution in [2.75, 3.05) is 4.90 Å². The predicted molar refractivity (Wildman–Crippen MR) is 230 cm³/mol. The molecule has 9 aromatic carbocycles. The molecule has 0 N–H and O–H groups in total. The zero-order chi connectivity index (χ0) is 36.0. The molecule has 0 unspecified atom stereocenters. The average molecular weight is 701 g/mol. The van der Waals surface area contributed by atoms with Gasteiger partial charge in [-0.05, 0) is 106 Å². The van der Waals surface area contributed by atoms with Crippen LogP contribution in [0.5, 0.6) is 0 Å². The zero-order valence-corrected chi connectivity index (χ0v) is 29.8. The van der Waals surface area contributed by atoms with Crippen LogP contribution in [0.1, 0.15) is 0 Å². The zero-order valence-electron chi connectivity index (χ0n) is 29.8. The summed E-state index contributed by atoms with van der Waals surface area (Å²) in [6, 6.07) is 70.3. The highest BCUT2D eigenvalue weighted by Gasteiger charge is 2.30. The quantitative estimate of drug-likeness (QED) is 0.182. The second-order valence-corrected chi connectivity index (χ2v) is 14.5. The van der Waals surface area contributed by atoms with Gasteiger partial charge >= 0.3 is 0 Å². The summed E-state index contributed by atoms with van der Waals surface area (Å²) in [7, 11) is 0. The van der Waals surface area contributed by atoms with Gasteiger partial charge in [0, 0.05) is 38.5 Å². The number of anilines is 3. The van der Waals surface area contributed by atoms with E-state index in [1.165, 1.54) is 71.6 Å². The molecule has 3 heteroatoms. The third kappa shape index (κ3) is 4.38. The molecule has 1 aliphatic heterocycles. The van der Waals surface area contributed by atoms with Crippen molar-refractivity contribution in [1.29, 1.82) is 0 Å². The summed E-state index contributed by atoms with van der Waals surface area (Å²) >= 11 is 0. The van der Waals surface area contributed by atoms with Gasteiger partial charge in [-0.3, -0.25) is 0 Å². The minimum atomic E-state index is 0.895. The van der Waals surface area contributed by atoms with Crippen molar-refractivity contribution in [3.05, 3.63) is 194 Å². The van der Waals surface area contributed by atoms with Gasteiger partial charge in [0.15, 0.2) is 0 Å². The Morgan fingerprint density at radius 1 is 0.345 bits per heavy atom. The molecule has 0 bridgehead atoms. The SMILES string of the molecule is c1ccc(-c2ccc3c(c2)c2cc(-c4ccc5c6c(cccc46)N(c4ccccc4)c4c-5ccc5oc6ccccc6c45)ccc2n3-c2ccccc2)cc1. The number of nitrogens with zero attached hydrogens (tertiary/aromatic N) is 2. The van der Waals surface area contributed by atoms with Crippen LogP contribution in [0.4, 0.5) is 17.1 Å². The Balaban J connectivity index is 1.13. The van der Waals surface area contributed by atoms with Crippen molar-refractivity contribution >= 4 is 71.6 Å². The minimum absolute atomic E-state index is 0.895. The number of aromatic nitrogens is 1. The van der Waals surface area contributed by atoms with E-state index in [1.807, 2.05) is 6.07 Å². The van der Waals surface area contributed by atoms with Gasteiger partial charge < -0.3 is 13.9 Å². The maximum atomic E-state index is 6.44. The van der Waals surface area contributed by atoms with E-state index in [-0.39, 0.29) is 0 Å². The normalized spacial score (nSPS) is 12.3. The average Bonchev–Trinajstić information content (AvgIpc) is 3.80. The van der Waals surface area contributed by atoms with Gasteiger partial charge in [0.05, 0.1) is 27.8 Å². The van der Waals surface area contributed by atoms with Gasteiger partial charge in [-0.15, -0.1) is 0 Å². The van der Waals surface area contributed by atoms with Crippen LogP contribution in [0, 0.1) is 0 Å². The highest BCUT2D eigenvalue weighted by atomic mass is 16.3. The van der Waals surface area contributed by atoms with Crippen LogP contribution in [0.25, 0.3) is 93.6 Å². The first-order valence-electron chi connectivity index (χ1n) is 18.9. The molecule has 0 saturated carbocycles. The molecule has 0 saturated heterocycles. The Kier molecular flexibility index (Phi) is 6.34. The third-order valence-electron chi connectivity index (χ3n) is 11.5. The standard InChI is InChI=1S/C52H32N2O/c1-4-13-33(14-5-1)34-23-28-45-43(31-34)44-32-35(24-29-46(44)53(45)36-15-6-2-7-16-36)38-25-26-40-41-27-30-49-51(42-19-10-11-22-48(42)55-49)52(41)54(37-17-8-3-9-18-37)47-21-12-20-39(38)50(40)47/h1-32H. The van der Waals surface area contributed by atoms with Crippen LogP contribution >= 0.6 is 0 Å². The van der Waals surface area contributed by atoms with E-state index < -0.39 is 0 Å². The van der Waals surface area contributed by atoms with E-state index in [4.69, 9.17) is 4.42 Å². The molecule has 0 aliphatic carbocycles. The Morgan fingerprint density at radius 3 is 1.75 bits per heavy atom. The minimum Gasteiger partial charge on any atom is -0.456 e. The van der Waals surface area contributed by atoms with Crippen LogP contribution in [0.2, 0.25) is 0 Å². The molecule has 0 radical (unpaired) electrons. The summed E-state index contributed by atoms with van der Waals surface area (Å²) in [5.74, 6) is 0. The molecular formula is C52H32N2O. The lowest BCUT2D eigenvalue weighted by atomic mass is 9.86. The third-order valence-corrected chi connectivity index (χ3v) is 11.5. The van der Waals surface area contributed by atoms with E-state index in [0.29, 0.717) is 0 Å². The van der Waals surface area contributed by atoms with Crippen molar-refractivity contribution in [2.24, 2.45) is 0 Å². The summed E-state index contributed by atoms with van der Waals surface area (Å²) in [5.41, 5.74) is 16.1. The number of furan rings is 1. The smallest absolute Gasteiger partial charge is 0.137 e. The Labute approximate surface area is 317 Å². The molecule has 2 aromatic heterocycles. The lowest BCUT2D eigenvalue weighted by Crippen LogP contribution is -2.15. The molecular weight excluding hydrogens is 669 g/mol. The predicted octanol–water partition coefficient (Wildman–Crippen LogP) is 14.6. The van der Waals surface area contributed by atoms with Crippen LogP contribution in [-0.2, 0) is 0 Å². The monoisotopic (exact) mass is 700 g/mol. The van der Waals surface area contributed by atoms with Crippen molar-refractivity contribution in [1.82, 2.24) is 4.57 Å². The lowest BCUT2D eigenvalue weighted by molar-refractivity contribution is 0.669. The van der Waals surface area contributed by atoms with E-state index >= 15 is 0 Å². The second-order valence-electron chi connectivity index (χ2n) is 14.5. The van der Waals surface area contributed by atoms with Gasteiger partial charge in [-0.2, -0.15) is 0 Å². The molecule has 0 atom stereocenters. The van der Waals surface area contributed by atoms with Crippen molar-refractivity contribution in [2.45, 2.75) is 0 Å². The fraction of sp³-hybridized carbons (Fsp3) is 0. The van der Waals surface area contributed by atoms with Crippen LogP contribution in [-0.4, -0.2) is 4.57 Å². The van der Waals surface area contributed by atoms with E-state index in [9.17, 15) is 0 Å². The first-order chi connectivity index (χ1) is 27.3. The number of fused-ring (bicyclic) bond motifs is 9.